The monoisotopic (exact) mass is 400 g/mol. The van der Waals surface area contributed by atoms with Gasteiger partial charge >= 0.3 is 5.97 Å². The summed E-state index contributed by atoms with van der Waals surface area (Å²) < 4.78 is 37.3. The molecule has 27 heavy (non-hydrogen) atoms. The Bertz CT molecular complexity index is 759. The molecular formula is C18H28N2O6S. The van der Waals surface area contributed by atoms with E-state index in [1.807, 2.05) is 13.8 Å². The zero-order valence-corrected chi connectivity index (χ0v) is 17.2. The molecule has 0 radical (unpaired) electrons. The molecule has 1 amide bonds. The number of ether oxygens (including phenoxy) is 2. The molecule has 0 fully saturated rings. The van der Waals surface area contributed by atoms with Crippen LogP contribution in [0, 0.1) is 5.92 Å². The van der Waals surface area contributed by atoms with Crippen molar-refractivity contribution in [2.75, 3.05) is 20.3 Å². The van der Waals surface area contributed by atoms with E-state index in [1.165, 1.54) is 25.3 Å². The Hall–Kier alpha value is -2.13. The van der Waals surface area contributed by atoms with Crippen molar-refractivity contribution in [1.82, 2.24) is 10.0 Å². The highest BCUT2D eigenvalue weighted by atomic mass is 32.2. The lowest BCUT2D eigenvalue weighted by atomic mass is 10.1. The molecular weight excluding hydrogens is 372 g/mol. The molecule has 1 aromatic rings. The zero-order valence-electron chi connectivity index (χ0n) is 16.4. The number of nitrogens with one attached hydrogen (secondary N) is 2. The van der Waals surface area contributed by atoms with Crippen molar-refractivity contribution in [1.29, 1.82) is 0 Å². The van der Waals surface area contributed by atoms with E-state index in [0.717, 1.165) is 6.42 Å². The fraction of sp³-hybridized carbons (Fsp3) is 0.556. The van der Waals surface area contributed by atoms with Gasteiger partial charge in [-0.2, -0.15) is 0 Å². The Morgan fingerprint density at radius 3 is 2.37 bits per heavy atom. The van der Waals surface area contributed by atoms with Crippen LogP contribution >= 0.6 is 0 Å². The van der Waals surface area contributed by atoms with Crippen LogP contribution in [0.4, 0.5) is 0 Å². The van der Waals surface area contributed by atoms with Crippen LogP contribution in [0.15, 0.2) is 23.1 Å². The van der Waals surface area contributed by atoms with Crippen LogP contribution in [0.25, 0.3) is 0 Å². The number of esters is 1. The van der Waals surface area contributed by atoms with E-state index in [1.54, 1.807) is 13.8 Å². The molecule has 0 aromatic heterocycles. The minimum Gasteiger partial charge on any atom is -0.495 e. The van der Waals surface area contributed by atoms with Crippen LogP contribution < -0.4 is 14.8 Å². The summed E-state index contributed by atoms with van der Waals surface area (Å²) in [7, 11) is -2.54. The maximum Gasteiger partial charge on any atom is 0.338 e. The summed E-state index contributed by atoms with van der Waals surface area (Å²) in [6, 6.07) is 3.59. The number of hydrogen-bond donors (Lipinski definition) is 2. The predicted molar refractivity (Wildman–Crippen MR) is 101 cm³/mol. The molecule has 152 valence electrons. The molecule has 1 rings (SSSR count). The number of benzene rings is 1. The average molecular weight is 400 g/mol. The standard InChI is InChI=1S/C18H28N2O6S/c1-12(2)8-9-19-17(21)11-26-18(22)14-6-7-15(25-5)16(10-14)27(23,24)20-13(3)4/h6-7,10,12-13,20H,8-9,11H2,1-5H3,(H,19,21). The molecule has 0 heterocycles. The van der Waals surface area contributed by atoms with Crippen molar-refractivity contribution in [3.63, 3.8) is 0 Å². The minimum absolute atomic E-state index is 0.00918. The van der Waals surface area contributed by atoms with Gasteiger partial charge in [-0.05, 0) is 44.4 Å². The highest BCUT2D eigenvalue weighted by molar-refractivity contribution is 7.89. The molecule has 9 heteroatoms. The van der Waals surface area contributed by atoms with Crippen LogP contribution in [0.5, 0.6) is 5.75 Å². The highest BCUT2D eigenvalue weighted by Crippen LogP contribution is 2.25. The van der Waals surface area contributed by atoms with Gasteiger partial charge in [0.2, 0.25) is 10.0 Å². The summed E-state index contributed by atoms with van der Waals surface area (Å²) in [6.45, 7) is 7.50. The fourth-order valence-corrected chi connectivity index (χ4v) is 3.60. The maximum absolute atomic E-state index is 12.4. The van der Waals surface area contributed by atoms with Crippen molar-refractivity contribution in [3.05, 3.63) is 23.8 Å². The summed E-state index contributed by atoms with van der Waals surface area (Å²) in [5, 5.41) is 2.65. The number of sulfonamides is 1. The first-order valence-electron chi connectivity index (χ1n) is 8.71. The second-order valence-corrected chi connectivity index (χ2v) is 8.43. The van der Waals surface area contributed by atoms with Gasteiger partial charge in [-0.1, -0.05) is 13.8 Å². The lowest BCUT2D eigenvalue weighted by Crippen LogP contribution is -2.31. The van der Waals surface area contributed by atoms with E-state index in [2.05, 4.69) is 10.0 Å². The first-order chi connectivity index (χ1) is 12.6. The predicted octanol–water partition coefficient (Wildman–Crippen LogP) is 1.70. The Morgan fingerprint density at radius 2 is 1.81 bits per heavy atom. The molecule has 0 saturated heterocycles. The Kier molecular flexibility index (Phi) is 8.71. The third-order valence-corrected chi connectivity index (χ3v) is 5.14. The topological polar surface area (TPSA) is 111 Å². The van der Waals surface area contributed by atoms with E-state index in [0.29, 0.717) is 12.5 Å². The first-order valence-corrected chi connectivity index (χ1v) is 10.2. The molecule has 1 aromatic carbocycles. The molecule has 0 unspecified atom stereocenters. The van der Waals surface area contributed by atoms with Crippen LogP contribution in [-0.4, -0.2) is 46.6 Å². The lowest BCUT2D eigenvalue weighted by Gasteiger charge is -2.14. The number of hydrogen-bond acceptors (Lipinski definition) is 6. The third kappa shape index (κ3) is 7.56. The van der Waals surface area contributed by atoms with Gasteiger partial charge in [0.15, 0.2) is 6.61 Å². The minimum atomic E-state index is -3.87. The molecule has 2 N–H and O–H groups in total. The Labute approximate surface area is 160 Å². The smallest absolute Gasteiger partial charge is 0.338 e. The van der Waals surface area contributed by atoms with E-state index in [4.69, 9.17) is 9.47 Å². The van der Waals surface area contributed by atoms with Gasteiger partial charge in [0.05, 0.1) is 12.7 Å². The van der Waals surface area contributed by atoms with E-state index in [9.17, 15) is 18.0 Å². The van der Waals surface area contributed by atoms with Crippen molar-refractivity contribution >= 4 is 21.9 Å². The van der Waals surface area contributed by atoms with Gasteiger partial charge in [-0.15, -0.1) is 0 Å². The largest absolute Gasteiger partial charge is 0.495 e. The number of rotatable bonds is 10. The summed E-state index contributed by atoms with van der Waals surface area (Å²) in [4.78, 5) is 23.7. The van der Waals surface area contributed by atoms with Crippen molar-refractivity contribution in [2.24, 2.45) is 5.92 Å². The summed E-state index contributed by atoms with van der Waals surface area (Å²) in [5.41, 5.74) is 0.00918. The number of carbonyl (C=O) groups excluding carboxylic acids is 2. The lowest BCUT2D eigenvalue weighted by molar-refractivity contribution is -0.124. The Balaban J connectivity index is 2.84. The van der Waals surface area contributed by atoms with Crippen LogP contribution in [0.1, 0.15) is 44.5 Å². The number of carbonyl (C=O) groups is 2. The number of methoxy groups -OCH3 is 1. The third-order valence-electron chi connectivity index (χ3n) is 3.46. The second-order valence-electron chi connectivity index (χ2n) is 6.75. The summed E-state index contributed by atoms with van der Waals surface area (Å²) in [6.07, 6.45) is 0.822. The van der Waals surface area contributed by atoms with Gasteiger partial charge in [-0.25, -0.2) is 17.9 Å². The van der Waals surface area contributed by atoms with Gasteiger partial charge in [0.25, 0.3) is 5.91 Å². The first kappa shape index (κ1) is 22.9. The molecule has 0 aliphatic carbocycles. The quantitative estimate of drug-likeness (QED) is 0.579. The normalized spacial score (nSPS) is 11.5. The Morgan fingerprint density at radius 1 is 1.15 bits per heavy atom. The van der Waals surface area contributed by atoms with Crippen LogP contribution in [0.3, 0.4) is 0 Å². The summed E-state index contributed by atoms with van der Waals surface area (Å²) >= 11 is 0. The number of amides is 1. The van der Waals surface area contributed by atoms with Crippen LogP contribution in [0.2, 0.25) is 0 Å². The molecule has 0 aliphatic rings. The molecule has 0 bridgehead atoms. The maximum atomic E-state index is 12.4. The molecule has 8 nitrogen and oxygen atoms in total. The second kappa shape index (κ2) is 10.3. The molecule has 0 spiro atoms. The van der Waals surface area contributed by atoms with Gasteiger partial charge < -0.3 is 14.8 Å². The van der Waals surface area contributed by atoms with E-state index < -0.39 is 28.5 Å². The van der Waals surface area contributed by atoms with Crippen molar-refractivity contribution in [2.45, 2.75) is 45.1 Å². The highest BCUT2D eigenvalue weighted by Gasteiger charge is 2.23. The van der Waals surface area contributed by atoms with E-state index in [-0.39, 0.29) is 22.3 Å². The SMILES string of the molecule is COc1ccc(C(=O)OCC(=O)NCCC(C)C)cc1S(=O)(=O)NC(C)C. The van der Waals surface area contributed by atoms with Gasteiger partial charge in [0, 0.05) is 12.6 Å². The summed E-state index contributed by atoms with van der Waals surface area (Å²) in [5.74, 6) is -0.650. The molecule has 0 atom stereocenters. The van der Waals surface area contributed by atoms with E-state index >= 15 is 0 Å². The molecule has 0 saturated carbocycles. The van der Waals surface area contributed by atoms with Crippen LogP contribution in [-0.2, 0) is 19.6 Å². The fourth-order valence-electron chi connectivity index (χ4n) is 2.15. The van der Waals surface area contributed by atoms with Gasteiger partial charge in [0.1, 0.15) is 10.6 Å². The van der Waals surface area contributed by atoms with Crippen molar-refractivity contribution < 1.29 is 27.5 Å². The van der Waals surface area contributed by atoms with Gasteiger partial charge in [-0.3, -0.25) is 4.79 Å². The zero-order chi connectivity index (χ0) is 20.6. The average Bonchev–Trinajstić information content (AvgIpc) is 2.57. The molecule has 0 aliphatic heterocycles. The van der Waals surface area contributed by atoms with Crippen molar-refractivity contribution in [3.8, 4) is 5.75 Å².